The van der Waals surface area contributed by atoms with Crippen molar-refractivity contribution in [1.82, 2.24) is 0 Å². The van der Waals surface area contributed by atoms with E-state index in [9.17, 15) is 9.00 Å². The van der Waals surface area contributed by atoms with Crippen molar-refractivity contribution in [1.29, 1.82) is 0 Å². The SMILES string of the molecule is CCOC(=O)C(c1ccccc1)S(=O)Cc1ccccc1. The predicted molar refractivity (Wildman–Crippen MR) is 84.1 cm³/mol. The van der Waals surface area contributed by atoms with Crippen molar-refractivity contribution in [2.45, 2.75) is 17.9 Å². The number of hydrogen-bond donors (Lipinski definition) is 0. The third-order valence-corrected chi connectivity index (χ3v) is 4.63. The average Bonchev–Trinajstić information content (AvgIpc) is 2.50. The maximum absolute atomic E-state index is 12.6. The summed E-state index contributed by atoms with van der Waals surface area (Å²) >= 11 is 0. The summed E-state index contributed by atoms with van der Waals surface area (Å²) in [5, 5.41) is -0.744. The van der Waals surface area contributed by atoms with Crippen LogP contribution in [0.4, 0.5) is 0 Å². The first-order valence-electron chi connectivity index (χ1n) is 6.85. The fourth-order valence-electron chi connectivity index (χ4n) is 2.06. The van der Waals surface area contributed by atoms with Crippen molar-refractivity contribution < 1.29 is 13.7 Å². The van der Waals surface area contributed by atoms with Gasteiger partial charge in [-0.25, -0.2) is 0 Å². The van der Waals surface area contributed by atoms with Crippen LogP contribution in [0.15, 0.2) is 60.7 Å². The van der Waals surface area contributed by atoms with E-state index in [2.05, 4.69) is 0 Å². The van der Waals surface area contributed by atoms with Crippen LogP contribution >= 0.6 is 0 Å². The zero-order valence-electron chi connectivity index (χ0n) is 11.9. The van der Waals surface area contributed by atoms with Crippen LogP contribution in [-0.4, -0.2) is 16.8 Å². The monoisotopic (exact) mass is 302 g/mol. The fourth-order valence-corrected chi connectivity index (χ4v) is 3.49. The molecule has 2 aromatic rings. The van der Waals surface area contributed by atoms with Crippen molar-refractivity contribution in [3.8, 4) is 0 Å². The van der Waals surface area contributed by atoms with Gasteiger partial charge in [-0.05, 0) is 18.1 Å². The molecule has 0 heterocycles. The number of esters is 1. The maximum atomic E-state index is 12.6. The molecule has 0 aliphatic heterocycles. The van der Waals surface area contributed by atoms with Gasteiger partial charge in [0.2, 0.25) is 0 Å². The first-order valence-corrected chi connectivity index (χ1v) is 8.23. The molecule has 2 aromatic carbocycles. The molecule has 0 saturated carbocycles. The first kappa shape index (κ1) is 15.4. The minimum Gasteiger partial charge on any atom is -0.465 e. The quantitative estimate of drug-likeness (QED) is 0.769. The molecule has 0 radical (unpaired) electrons. The number of hydrogen-bond acceptors (Lipinski definition) is 3. The Kier molecular flexibility index (Phi) is 5.69. The van der Waals surface area contributed by atoms with E-state index in [0.717, 1.165) is 11.1 Å². The highest BCUT2D eigenvalue weighted by atomic mass is 32.2. The summed E-state index contributed by atoms with van der Waals surface area (Å²) in [6, 6.07) is 18.7. The second-order valence-electron chi connectivity index (χ2n) is 4.55. The normalized spacial score (nSPS) is 13.4. The Balaban J connectivity index is 2.23. The molecule has 0 aromatic heterocycles. The van der Waals surface area contributed by atoms with Crippen molar-refractivity contribution in [3.05, 3.63) is 71.8 Å². The van der Waals surface area contributed by atoms with Gasteiger partial charge in [0.15, 0.2) is 5.25 Å². The lowest BCUT2D eigenvalue weighted by molar-refractivity contribution is -0.142. The number of carbonyl (C=O) groups excluding carboxylic acids is 1. The molecule has 0 fully saturated rings. The Labute approximate surface area is 127 Å². The number of benzene rings is 2. The van der Waals surface area contributed by atoms with Gasteiger partial charge in [0.25, 0.3) is 0 Å². The van der Waals surface area contributed by atoms with E-state index in [1.54, 1.807) is 6.92 Å². The second-order valence-corrected chi connectivity index (χ2v) is 6.08. The van der Waals surface area contributed by atoms with E-state index in [1.165, 1.54) is 0 Å². The van der Waals surface area contributed by atoms with Crippen LogP contribution in [0.1, 0.15) is 23.3 Å². The highest BCUT2D eigenvalue weighted by molar-refractivity contribution is 7.85. The predicted octanol–water partition coefficient (Wildman–Crippen LogP) is 3.24. The zero-order valence-corrected chi connectivity index (χ0v) is 12.7. The highest BCUT2D eigenvalue weighted by Gasteiger charge is 2.28. The van der Waals surface area contributed by atoms with Crippen LogP contribution in [-0.2, 0) is 26.1 Å². The summed E-state index contributed by atoms with van der Waals surface area (Å²) in [5.41, 5.74) is 1.67. The van der Waals surface area contributed by atoms with E-state index in [1.807, 2.05) is 60.7 Å². The molecule has 4 heteroatoms. The lowest BCUT2D eigenvalue weighted by Gasteiger charge is -2.15. The van der Waals surface area contributed by atoms with Crippen molar-refractivity contribution in [2.75, 3.05) is 6.61 Å². The van der Waals surface area contributed by atoms with Crippen LogP contribution in [0.3, 0.4) is 0 Å². The molecular formula is C17H18O3S. The van der Waals surface area contributed by atoms with E-state index in [0.29, 0.717) is 5.75 Å². The Hall–Kier alpha value is -1.94. The largest absolute Gasteiger partial charge is 0.465 e. The van der Waals surface area contributed by atoms with E-state index < -0.39 is 22.0 Å². The summed E-state index contributed by atoms with van der Waals surface area (Å²) < 4.78 is 17.7. The van der Waals surface area contributed by atoms with Gasteiger partial charge >= 0.3 is 5.97 Å². The summed E-state index contributed by atoms with van der Waals surface area (Å²) in [4.78, 5) is 12.2. The summed E-state index contributed by atoms with van der Waals surface area (Å²) in [6.45, 7) is 2.03. The lowest BCUT2D eigenvalue weighted by Crippen LogP contribution is -2.21. The van der Waals surface area contributed by atoms with Crippen LogP contribution < -0.4 is 0 Å². The molecule has 0 spiro atoms. The highest BCUT2D eigenvalue weighted by Crippen LogP contribution is 2.24. The Bertz CT molecular complexity index is 596. The summed E-state index contributed by atoms with van der Waals surface area (Å²) in [7, 11) is -1.37. The third-order valence-electron chi connectivity index (χ3n) is 3.02. The Morgan fingerprint density at radius 3 is 2.19 bits per heavy atom. The first-order chi connectivity index (χ1) is 10.2. The number of rotatable bonds is 6. The van der Waals surface area contributed by atoms with Gasteiger partial charge in [-0.15, -0.1) is 0 Å². The van der Waals surface area contributed by atoms with E-state index in [-0.39, 0.29) is 6.61 Å². The maximum Gasteiger partial charge on any atom is 0.326 e. The minimum absolute atomic E-state index is 0.282. The van der Waals surface area contributed by atoms with Gasteiger partial charge in [-0.3, -0.25) is 9.00 Å². The van der Waals surface area contributed by atoms with Crippen molar-refractivity contribution in [3.63, 3.8) is 0 Å². The summed E-state index contributed by atoms with van der Waals surface area (Å²) in [5.74, 6) is -0.0999. The number of ether oxygens (including phenoxy) is 1. The van der Waals surface area contributed by atoms with Gasteiger partial charge in [0.1, 0.15) is 0 Å². The third kappa shape index (κ3) is 4.26. The molecule has 0 N–H and O–H groups in total. The molecule has 0 amide bonds. The molecule has 110 valence electrons. The molecule has 2 unspecified atom stereocenters. The molecule has 2 atom stereocenters. The molecule has 21 heavy (non-hydrogen) atoms. The average molecular weight is 302 g/mol. The standard InChI is InChI=1S/C17H18O3S/c1-2-20-17(18)16(15-11-7-4-8-12-15)21(19)13-14-9-5-3-6-10-14/h3-12,16H,2,13H2,1H3. The van der Waals surface area contributed by atoms with Gasteiger partial charge in [-0.1, -0.05) is 60.7 Å². The molecule has 0 aliphatic carbocycles. The Morgan fingerprint density at radius 2 is 1.62 bits per heavy atom. The Morgan fingerprint density at radius 1 is 1.05 bits per heavy atom. The smallest absolute Gasteiger partial charge is 0.326 e. The van der Waals surface area contributed by atoms with Crippen molar-refractivity contribution in [2.24, 2.45) is 0 Å². The molecule has 0 bridgehead atoms. The van der Waals surface area contributed by atoms with E-state index >= 15 is 0 Å². The van der Waals surface area contributed by atoms with Crippen LogP contribution in [0.2, 0.25) is 0 Å². The van der Waals surface area contributed by atoms with Gasteiger partial charge in [0, 0.05) is 16.6 Å². The van der Waals surface area contributed by atoms with Gasteiger partial charge < -0.3 is 4.74 Å². The van der Waals surface area contributed by atoms with Gasteiger partial charge in [0.05, 0.1) is 6.61 Å². The van der Waals surface area contributed by atoms with Gasteiger partial charge in [-0.2, -0.15) is 0 Å². The van der Waals surface area contributed by atoms with Crippen molar-refractivity contribution >= 4 is 16.8 Å². The van der Waals surface area contributed by atoms with Crippen LogP contribution in [0.25, 0.3) is 0 Å². The molecule has 3 nitrogen and oxygen atoms in total. The topological polar surface area (TPSA) is 43.4 Å². The van der Waals surface area contributed by atoms with Crippen LogP contribution in [0, 0.1) is 0 Å². The van der Waals surface area contributed by atoms with Crippen LogP contribution in [0.5, 0.6) is 0 Å². The number of carbonyl (C=O) groups is 1. The molecular weight excluding hydrogens is 284 g/mol. The molecule has 2 rings (SSSR count). The van der Waals surface area contributed by atoms with E-state index in [4.69, 9.17) is 4.74 Å². The molecule has 0 aliphatic rings. The lowest BCUT2D eigenvalue weighted by atomic mass is 10.1. The second kappa shape index (κ2) is 7.74. The minimum atomic E-state index is -1.37. The zero-order chi connectivity index (χ0) is 15.1. The molecule has 0 saturated heterocycles. The summed E-state index contributed by atoms with van der Waals surface area (Å²) in [6.07, 6.45) is 0. The fraction of sp³-hybridized carbons (Fsp3) is 0.235.